The highest BCUT2D eigenvalue weighted by molar-refractivity contribution is 5.75. The molecule has 0 atom stereocenters. The van der Waals surface area contributed by atoms with Crippen LogP contribution in [0.2, 0.25) is 0 Å². The van der Waals surface area contributed by atoms with Crippen molar-refractivity contribution in [1.82, 2.24) is 9.99 Å². The Labute approximate surface area is 142 Å². The number of nitrogens with two attached hydrogens (primary N) is 2. The summed E-state index contributed by atoms with van der Waals surface area (Å²) in [5.74, 6) is 0.848. The summed E-state index contributed by atoms with van der Waals surface area (Å²) in [6.45, 7) is 5.39. The second-order valence-electron chi connectivity index (χ2n) is 5.42. The molecule has 0 aliphatic heterocycles. The molecule has 5 N–H and O–H groups in total. The van der Waals surface area contributed by atoms with Crippen molar-refractivity contribution in [3.05, 3.63) is 53.7 Å². The lowest BCUT2D eigenvalue weighted by molar-refractivity contribution is 0.300. The Morgan fingerprint density at radius 2 is 2.12 bits per heavy atom. The fourth-order valence-corrected chi connectivity index (χ4v) is 2.30. The lowest BCUT2D eigenvalue weighted by Crippen LogP contribution is -2.26. The van der Waals surface area contributed by atoms with Crippen molar-refractivity contribution in [1.29, 1.82) is 0 Å². The molecule has 0 saturated heterocycles. The van der Waals surface area contributed by atoms with Gasteiger partial charge in [-0.05, 0) is 43.2 Å². The number of guanidine groups is 1. The fourth-order valence-electron chi connectivity index (χ4n) is 2.30. The van der Waals surface area contributed by atoms with E-state index in [1.807, 2.05) is 30.4 Å². The molecule has 2 rings (SSSR count). The number of hydrogen-bond acceptors (Lipinski definition) is 3. The van der Waals surface area contributed by atoms with E-state index >= 15 is 0 Å². The SMILES string of the molecule is CCCOc1ccc(/C=C/CNN=C(N)N)n1-c1cccc(C)c1. The molecule has 0 saturated carbocycles. The summed E-state index contributed by atoms with van der Waals surface area (Å²) >= 11 is 0. The van der Waals surface area contributed by atoms with Crippen LogP contribution in [0.15, 0.2) is 47.6 Å². The number of rotatable bonds is 8. The first-order valence-electron chi connectivity index (χ1n) is 8.01. The number of hydrogen-bond donors (Lipinski definition) is 3. The molecule has 6 nitrogen and oxygen atoms in total. The summed E-state index contributed by atoms with van der Waals surface area (Å²) in [6, 6.07) is 12.3. The Hall–Kier alpha value is -2.89. The van der Waals surface area contributed by atoms with Crippen LogP contribution in [0.1, 0.15) is 24.6 Å². The average molecular weight is 327 g/mol. The molecule has 0 radical (unpaired) electrons. The maximum absolute atomic E-state index is 5.88. The van der Waals surface area contributed by atoms with Crippen LogP contribution in [0.4, 0.5) is 0 Å². The van der Waals surface area contributed by atoms with Crippen LogP contribution in [0.3, 0.4) is 0 Å². The van der Waals surface area contributed by atoms with Gasteiger partial charge in [-0.1, -0.05) is 25.1 Å². The van der Waals surface area contributed by atoms with Gasteiger partial charge in [0.05, 0.1) is 13.2 Å². The Kier molecular flexibility index (Phi) is 6.31. The third kappa shape index (κ3) is 4.81. The van der Waals surface area contributed by atoms with Crippen molar-refractivity contribution in [2.45, 2.75) is 20.3 Å². The fraction of sp³-hybridized carbons (Fsp3) is 0.278. The molecule has 1 aromatic heterocycles. The van der Waals surface area contributed by atoms with E-state index in [2.05, 4.69) is 47.1 Å². The lowest BCUT2D eigenvalue weighted by atomic mass is 10.2. The quantitative estimate of drug-likeness (QED) is 0.300. The standard InChI is InChI=1S/C18H25N5O/c1-3-12-24-17-10-9-15(8-5-11-21-22-18(19)20)23(17)16-7-4-6-14(2)13-16/h4-10,13,21H,3,11-12H2,1-2H3,(H4,19,20,22)/b8-5+. The summed E-state index contributed by atoms with van der Waals surface area (Å²) in [5.41, 5.74) is 16.6. The molecular weight excluding hydrogens is 302 g/mol. The number of aryl methyl sites for hydroxylation is 1. The Morgan fingerprint density at radius 1 is 1.29 bits per heavy atom. The van der Waals surface area contributed by atoms with Gasteiger partial charge in [-0.2, -0.15) is 0 Å². The van der Waals surface area contributed by atoms with Crippen molar-refractivity contribution in [2.75, 3.05) is 13.2 Å². The van der Waals surface area contributed by atoms with Crippen molar-refractivity contribution in [2.24, 2.45) is 16.6 Å². The third-order valence-corrected chi connectivity index (χ3v) is 3.30. The van der Waals surface area contributed by atoms with Crippen molar-refractivity contribution < 1.29 is 4.74 Å². The number of ether oxygens (including phenoxy) is 1. The van der Waals surface area contributed by atoms with E-state index in [0.717, 1.165) is 23.7 Å². The van der Waals surface area contributed by atoms with Gasteiger partial charge < -0.3 is 21.6 Å². The summed E-state index contributed by atoms with van der Waals surface area (Å²) in [7, 11) is 0. The predicted molar refractivity (Wildman–Crippen MR) is 99.1 cm³/mol. The summed E-state index contributed by atoms with van der Waals surface area (Å²) in [5, 5.41) is 3.73. The first kappa shape index (κ1) is 17.5. The zero-order valence-electron chi connectivity index (χ0n) is 14.2. The van der Waals surface area contributed by atoms with Gasteiger partial charge in [0.15, 0.2) is 5.88 Å². The monoisotopic (exact) mass is 327 g/mol. The highest BCUT2D eigenvalue weighted by Gasteiger charge is 2.09. The van der Waals surface area contributed by atoms with Gasteiger partial charge in [0.2, 0.25) is 5.96 Å². The highest BCUT2D eigenvalue weighted by atomic mass is 16.5. The molecule has 0 aliphatic carbocycles. The molecule has 1 aromatic carbocycles. The molecular formula is C18H25N5O. The topological polar surface area (TPSA) is 90.6 Å². The van der Waals surface area contributed by atoms with Crippen LogP contribution in [0, 0.1) is 6.92 Å². The van der Waals surface area contributed by atoms with E-state index in [0.29, 0.717) is 13.2 Å². The molecule has 6 heteroatoms. The molecule has 0 fully saturated rings. The molecule has 0 unspecified atom stereocenters. The zero-order chi connectivity index (χ0) is 17.4. The highest BCUT2D eigenvalue weighted by Crippen LogP contribution is 2.25. The van der Waals surface area contributed by atoms with Crippen LogP contribution < -0.4 is 21.6 Å². The molecule has 1 heterocycles. The Balaban J connectivity index is 2.25. The molecule has 0 aliphatic rings. The van der Waals surface area contributed by atoms with E-state index in [4.69, 9.17) is 16.2 Å². The maximum atomic E-state index is 5.88. The van der Waals surface area contributed by atoms with Gasteiger partial charge >= 0.3 is 0 Å². The maximum Gasteiger partial charge on any atom is 0.208 e. The third-order valence-electron chi connectivity index (χ3n) is 3.30. The van der Waals surface area contributed by atoms with E-state index in [-0.39, 0.29) is 5.96 Å². The molecule has 128 valence electrons. The summed E-state index contributed by atoms with van der Waals surface area (Å²) in [4.78, 5) is 0. The first-order valence-corrected chi connectivity index (χ1v) is 8.01. The average Bonchev–Trinajstić information content (AvgIpc) is 2.95. The summed E-state index contributed by atoms with van der Waals surface area (Å²) in [6.07, 6.45) is 4.93. The second-order valence-corrected chi connectivity index (χ2v) is 5.42. The van der Waals surface area contributed by atoms with Crippen LogP contribution in [-0.2, 0) is 0 Å². The minimum absolute atomic E-state index is 0.0155. The minimum Gasteiger partial charge on any atom is -0.479 e. The Bertz CT molecular complexity index is 714. The molecule has 0 amide bonds. The number of aromatic nitrogens is 1. The number of hydrazone groups is 1. The molecule has 0 bridgehead atoms. The minimum atomic E-state index is 0.0155. The van der Waals surface area contributed by atoms with Crippen LogP contribution in [-0.4, -0.2) is 23.7 Å². The van der Waals surface area contributed by atoms with Gasteiger partial charge in [-0.25, -0.2) is 0 Å². The normalized spacial score (nSPS) is 10.8. The molecule has 24 heavy (non-hydrogen) atoms. The number of benzene rings is 1. The van der Waals surface area contributed by atoms with Gasteiger partial charge in [-0.15, -0.1) is 5.10 Å². The summed E-state index contributed by atoms with van der Waals surface area (Å²) < 4.78 is 7.98. The Morgan fingerprint density at radius 3 is 2.83 bits per heavy atom. The van der Waals surface area contributed by atoms with Crippen LogP contribution in [0.25, 0.3) is 11.8 Å². The van der Waals surface area contributed by atoms with Crippen molar-refractivity contribution in [3.63, 3.8) is 0 Å². The van der Waals surface area contributed by atoms with E-state index in [1.165, 1.54) is 5.56 Å². The number of nitrogens with zero attached hydrogens (tertiary/aromatic N) is 2. The van der Waals surface area contributed by atoms with Gasteiger partial charge in [0.25, 0.3) is 0 Å². The zero-order valence-corrected chi connectivity index (χ0v) is 14.2. The van der Waals surface area contributed by atoms with Gasteiger partial charge in [0.1, 0.15) is 0 Å². The number of nitrogens with one attached hydrogen (secondary N) is 1. The molecule has 2 aromatic rings. The van der Waals surface area contributed by atoms with Crippen molar-refractivity contribution in [3.8, 4) is 11.6 Å². The van der Waals surface area contributed by atoms with Crippen LogP contribution in [0.5, 0.6) is 5.88 Å². The predicted octanol–water partition coefficient (Wildman–Crippen LogP) is 2.37. The van der Waals surface area contributed by atoms with Gasteiger partial charge in [0, 0.05) is 17.4 Å². The second kappa shape index (κ2) is 8.67. The lowest BCUT2D eigenvalue weighted by Gasteiger charge is -2.13. The first-order chi connectivity index (χ1) is 11.6. The van der Waals surface area contributed by atoms with Gasteiger partial charge in [-0.3, -0.25) is 4.57 Å². The van der Waals surface area contributed by atoms with E-state index in [1.54, 1.807) is 0 Å². The smallest absolute Gasteiger partial charge is 0.208 e. The van der Waals surface area contributed by atoms with E-state index < -0.39 is 0 Å². The largest absolute Gasteiger partial charge is 0.479 e. The molecule has 0 spiro atoms. The van der Waals surface area contributed by atoms with Crippen LogP contribution >= 0.6 is 0 Å². The van der Waals surface area contributed by atoms with E-state index in [9.17, 15) is 0 Å². The van der Waals surface area contributed by atoms with Crippen molar-refractivity contribution >= 4 is 12.0 Å².